The second-order valence-corrected chi connectivity index (χ2v) is 5.71. The molecular formula is C18H17N3O4. The van der Waals surface area contributed by atoms with Crippen molar-refractivity contribution in [2.24, 2.45) is 5.10 Å². The number of carbonyl (C=O) groups excluding carboxylic acids is 1. The first-order valence-electron chi connectivity index (χ1n) is 7.75. The average molecular weight is 339 g/mol. The third kappa shape index (κ3) is 3.35. The maximum absolute atomic E-state index is 12.0. The molecule has 0 aliphatic carbocycles. The minimum Gasteiger partial charge on any atom is -0.497 e. The summed E-state index contributed by atoms with van der Waals surface area (Å²) >= 11 is 0. The summed E-state index contributed by atoms with van der Waals surface area (Å²) in [6.07, 6.45) is 0.480. The smallest absolute Gasteiger partial charge is 0.269 e. The molecule has 0 saturated carbocycles. The second kappa shape index (κ2) is 6.72. The molecule has 0 saturated heterocycles. The van der Waals surface area contributed by atoms with Gasteiger partial charge in [-0.15, -0.1) is 0 Å². The number of non-ortho nitro benzene ring substituents is 1. The zero-order valence-electron chi connectivity index (χ0n) is 13.9. The molecule has 0 bridgehead atoms. The van der Waals surface area contributed by atoms with E-state index in [1.165, 1.54) is 24.1 Å². The van der Waals surface area contributed by atoms with Gasteiger partial charge in [0.1, 0.15) is 5.75 Å². The number of hydrazone groups is 1. The van der Waals surface area contributed by atoms with E-state index in [1.807, 2.05) is 24.3 Å². The van der Waals surface area contributed by atoms with E-state index in [9.17, 15) is 14.9 Å². The van der Waals surface area contributed by atoms with Gasteiger partial charge in [-0.25, -0.2) is 5.01 Å². The summed E-state index contributed by atoms with van der Waals surface area (Å²) in [5, 5.41) is 16.8. The predicted octanol–water partition coefficient (Wildman–Crippen LogP) is 3.30. The molecule has 25 heavy (non-hydrogen) atoms. The molecule has 1 atom stereocenters. The predicted molar refractivity (Wildman–Crippen MR) is 92.5 cm³/mol. The Hall–Kier alpha value is -3.22. The quantitative estimate of drug-likeness (QED) is 0.632. The molecular weight excluding hydrogens is 322 g/mol. The van der Waals surface area contributed by atoms with Gasteiger partial charge in [-0.1, -0.05) is 24.3 Å². The Balaban J connectivity index is 1.96. The minimum atomic E-state index is -0.444. The molecule has 7 heteroatoms. The number of carbonyl (C=O) groups is 1. The van der Waals surface area contributed by atoms with E-state index in [0.717, 1.165) is 11.3 Å². The molecule has 1 aliphatic rings. The highest BCUT2D eigenvalue weighted by molar-refractivity contribution is 6.03. The van der Waals surface area contributed by atoms with Gasteiger partial charge in [0.25, 0.3) is 5.69 Å². The van der Waals surface area contributed by atoms with Gasteiger partial charge in [0.2, 0.25) is 5.91 Å². The fourth-order valence-electron chi connectivity index (χ4n) is 2.88. The summed E-state index contributed by atoms with van der Waals surface area (Å²) in [5.41, 5.74) is 2.28. The number of amides is 1. The number of nitro groups is 1. The van der Waals surface area contributed by atoms with E-state index in [0.29, 0.717) is 17.7 Å². The van der Waals surface area contributed by atoms with Crippen LogP contribution in [0.2, 0.25) is 0 Å². The number of nitro benzene ring substituents is 1. The second-order valence-electron chi connectivity index (χ2n) is 5.71. The number of methoxy groups -OCH3 is 1. The zero-order chi connectivity index (χ0) is 18.0. The Labute approximate surface area is 144 Å². The van der Waals surface area contributed by atoms with Crippen LogP contribution in [-0.2, 0) is 4.79 Å². The van der Waals surface area contributed by atoms with Crippen LogP contribution in [-0.4, -0.2) is 28.7 Å². The maximum Gasteiger partial charge on any atom is 0.269 e. The van der Waals surface area contributed by atoms with Gasteiger partial charge in [-0.3, -0.25) is 14.9 Å². The number of hydrogen-bond acceptors (Lipinski definition) is 5. The molecule has 3 rings (SSSR count). The van der Waals surface area contributed by atoms with E-state index in [-0.39, 0.29) is 17.6 Å². The van der Waals surface area contributed by atoms with Crippen LogP contribution in [0.1, 0.15) is 30.5 Å². The summed E-state index contributed by atoms with van der Waals surface area (Å²) in [4.78, 5) is 22.6. The lowest BCUT2D eigenvalue weighted by molar-refractivity contribution is -0.384. The third-order valence-electron chi connectivity index (χ3n) is 4.10. The molecule has 0 spiro atoms. The molecule has 0 unspecified atom stereocenters. The lowest BCUT2D eigenvalue weighted by atomic mass is 9.98. The van der Waals surface area contributed by atoms with Crippen LogP contribution in [0.15, 0.2) is 53.6 Å². The highest BCUT2D eigenvalue weighted by atomic mass is 16.6. The lowest BCUT2D eigenvalue weighted by Crippen LogP contribution is -2.24. The molecule has 2 aromatic carbocycles. The van der Waals surface area contributed by atoms with Crippen LogP contribution in [0.3, 0.4) is 0 Å². The molecule has 1 amide bonds. The van der Waals surface area contributed by atoms with Crippen LogP contribution >= 0.6 is 0 Å². The monoisotopic (exact) mass is 339 g/mol. The molecule has 7 nitrogen and oxygen atoms in total. The number of ether oxygens (including phenoxy) is 1. The van der Waals surface area contributed by atoms with E-state index in [4.69, 9.17) is 4.74 Å². The van der Waals surface area contributed by atoms with Gasteiger partial charge in [0.05, 0.1) is 23.8 Å². The Kier molecular flexibility index (Phi) is 4.47. The van der Waals surface area contributed by atoms with Crippen molar-refractivity contribution in [1.82, 2.24) is 5.01 Å². The van der Waals surface area contributed by atoms with Gasteiger partial charge in [-0.05, 0) is 17.7 Å². The number of nitrogens with zero attached hydrogens (tertiary/aromatic N) is 3. The number of benzene rings is 2. The van der Waals surface area contributed by atoms with E-state index < -0.39 is 4.92 Å². The first kappa shape index (κ1) is 16.6. The van der Waals surface area contributed by atoms with E-state index >= 15 is 0 Å². The van der Waals surface area contributed by atoms with Gasteiger partial charge in [-0.2, -0.15) is 5.10 Å². The Morgan fingerprint density at radius 2 is 2.04 bits per heavy atom. The summed E-state index contributed by atoms with van der Waals surface area (Å²) in [5.74, 6) is 0.489. The molecule has 0 radical (unpaired) electrons. The molecule has 1 aliphatic heterocycles. The minimum absolute atomic E-state index is 0.00386. The normalized spacial score (nSPS) is 16.5. The molecule has 0 N–H and O–H groups in total. The topological polar surface area (TPSA) is 85.0 Å². The number of rotatable bonds is 4. The SMILES string of the molecule is COc1cccc(C2=NN(C(C)=O)[C@@H](c3cccc([N+](=O)[O-])c3)C2)c1. The molecule has 0 fully saturated rings. The van der Waals surface area contributed by atoms with Crippen molar-refractivity contribution >= 4 is 17.3 Å². The van der Waals surface area contributed by atoms with Crippen molar-refractivity contribution < 1.29 is 14.5 Å². The first-order valence-corrected chi connectivity index (χ1v) is 7.75. The highest BCUT2D eigenvalue weighted by Gasteiger charge is 2.32. The lowest BCUT2D eigenvalue weighted by Gasteiger charge is -2.20. The van der Waals surface area contributed by atoms with Crippen LogP contribution in [0.5, 0.6) is 5.75 Å². The molecule has 128 valence electrons. The van der Waals surface area contributed by atoms with Crippen molar-refractivity contribution in [3.63, 3.8) is 0 Å². The third-order valence-corrected chi connectivity index (χ3v) is 4.10. The standard InChI is InChI=1S/C18H17N3O4/c1-12(22)20-18(14-6-3-7-15(9-14)21(23)24)11-17(19-20)13-5-4-8-16(10-13)25-2/h3-10,18H,11H2,1-2H3/t18-/m1/s1. The molecule has 0 aromatic heterocycles. The maximum atomic E-state index is 12.0. The van der Waals surface area contributed by atoms with Gasteiger partial charge >= 0.3 is 0 Å². The Morgan fingerprint density at radius 3 is 2.72 bits per heavy atom. The Morgan fingerprint density at radius 1 is 1.28 bits per heavy atom. The zero-order valence-corrected chi connectivity index (χ0v) is 13.9. The number of hydrogen-bond donors (Lipinski definition) is 0. The Bertz CT molecular complexity index is 863. The molecule has 2 aromatic rings. The van der Waals surface area contributed by atoms with Crippen molar-refractivity contribution in [2.45, 2.75) is 19.4 Å². The van der Waals surface area contributed by atoms with Crippen LogP contribution < -0.4 is 4.74 Å². The van der Waals surface area contributed by atoms with Crippen molar-refractivity contribution in [3.8, 4) is 5.75 Å². The summed E-state index contributed by atoms with van der Waals surface area (Å²) < 4.78 is 5.23. The summed E-state index contributed by atoms with van der Waals surface area (Å²) in [6, 6.07) is 13.4. The summed E-state index contributed by atoms with van der Waals surface area (Å²) in [6.45, 7) is 1.43. The van der Waals surface area contributed by atoms with Crippen LogP contribution in [0.25, 0.3) is 0 Å². The summed E-state index contributed by atoms with van der Waals surface area (Å²) in [7, 11) is 1.59. The average Bonchev–Trinajstić information content (AvgIpc) is 3.07. The van der Waals surface area contributed by atoms with Gasteiger partial charge < -0.3 is 4.74 Å². The van der Waals surface area contributed by atoms with Crippen molar-refractivity contribution in [2.75, 3.05) is 7.11 Å². The fourth-order valence-corrected chi connectivity index (χ4v) is 2.88. The highest BCUT2D eigenvalue weighted by Crippen LogP contribution is 2.34. The largest absolute Gasteiger partial charge is 0.497 e. The van der Waals surface area contributed by atoms with E-state index in [2.05, 4.69) is 5.10 Å². The van der Waals surface area contributed by atoms with Gasteiger partial charge in [0.15, 0.2) is 0 Å². The van der Waals surface area contributed by atoms with E-state index in [1.54, 1.807) is 19.2 Å². The van der Waals surface area contributed by atoms with Crippen LogP contribution in [0.4, 0.5) is 5.69 Å². The van der Waals surface area contributed by atoms with Crippen molar-refractivity contribution in [1.29, 1.82) is 0 Å². The van der Waals surface area contributed by atoms with Gasteiger partial charge in [0, 0.05) is 31.0 Å². The fraction of sp³-hybridized carbons (Fsp3) is 0.222. The molecule has 1 heterocycles. The first-order chi connectivity index (χ1) is 12.0. The van der Waals surface area contributed by atoms with Crippen LogP contribution in [0, 0.1) is 10.1 Å². The van der Waals surface area contributed by atoms with Crippen molar-refractivity contribution in [3.05, 3.63) is 69.8 Å².